The molecule has 0 radical (unpaired) electrons. The number of unbranched alkanes of at least 4 members (excludes halogenated alkanes) is 1. The fourth-order valence-electron chi connectivity index (χ4n) is 2.92. The molecule has 0 unspecified atom stereocenters. The maximum Gasteiger partial charge on any atom is 0.220 e. The lowest BCUT2D eigenvalue weighted by Gasteiger charge is -2.09. The standard InChI is InChI=1S/C20H24N4O/c21-14-6-7-15-22-20(25)13-12-19-23-17-10-4-5-11-18(17)24(19)16-8-2-1-3-9-16/h1-5,8-11H,6-7,12-15,21H2,(H,22,25). The molecule has 3 N–H and O–H groups in total. The number of aryl methyl sites for hydroxylation is 1. The van der Waals surface area contributed by atoms with Crippen LogP contribution >= 0.6 is 0 Å². The van der Waals surface area contributed by atoms with Crippen LogP contribution < -0.4 is 11.1 Å². The number of hydrogen-bond acceptors (Lipinski definition) is 3. The summed E-state index contributed by atoms with van der Waals surface area (Å²) in [4.78, 5) is 16.8. The number of nitrogens with two attached hydrogens (primary N) is 1. The Hall–Kier alpha value is -2.66. The van der Waals surface area contributed by atoms with Crippen molar-refractivity contribution in [1.29, 1.82) is 0 Å². The minimum Gasteiger partial charge on any atom is -0.356 e. The predicted octanol–water partition coefficient (Wildman–Crippen LogP) is 2.81. The number of hydrogen-bond donors (Lipinski definition) is 2. The van der Waals surface area contributed by atoms with Crippen LogP contribution in [0.3, 0.4) is 0 Å². The fraction of sp³-hybridized carbons (Fsp3) is 0.300. The molecule has 1 amide bonds. The molecule has 3 rings (SSSR count). The van der Waals surface area contributed by atoms with Gasteiger partial charge in [0.2, 0.25) is 5.91 Å². The molecule has 1 heterocycles. The summed E-state index contributed by atoms with van der Waals surface area (Å²) in [6.07, 6.45) is 2.89. The van der Waals surface area contributed by atoms with Gasteiger partial charge in [-0.05, 0) is 43.7 Å². The van der Waals surface area contributed by atoms with Crippen molar-refractivity contribution in [1.82, 2.24) is 14.9 Å². The number of aromatic nitrogens is 2. The first kappa shape index (κ1) is 17.2. The van der Waals surface area contributed by atoms with Gasteiger partial charge in [0.15, 0.2) is 0 Å². The van der Waals surface area contributed by atoms with E-state index in [0.29, 0.717) is 25.9 Å². The third-order valence-corrected chi connectivity index (χ3v) is 4.17. The van der Waals surface area contributed by atoms with Gasteiger partial charge in [-0.2, -0.15) is 0 Å². The number of carbonyl (C=O) groups excluding carboxylic acids is 1. The zero-order chi connectivity index (χ0) is 17.5. The second-order valence-corrected chi connectivity index (χ2v) is 6.03. The third kappa shape index (κ3) is 4.25. The summed E-state index contributed by atoms with van der Waals surface area (Å²) < 4.78 is 2.14. The van der Waals surface area contributed by atoms with E-state index in [2.05, 4.69) is 28.1 Å². The molecular weight excluding hydrogens is 312 g/mol. The number of nitrogens with zero attached hydrogens (tertiary/aromatic N) is 2. The lowest BCUT2D eigenvalue weighted by atomic mass is 10.2. The van der Waals surface area contributed by atoms with Crippen LogP contribution in [0.1, 0.15) is 25.1 Å². The summed E-state index contributed by atoms with van der Waals surface area (Å²) in [6, 6.07) is 18.2. The van der Waals surface area contributed by atoms with Gasteiger partial charge in [0.05, 0.1) is 11.0 Å². The minimum absolute atomic E-state index is 0.0590. The Morgan fingerprint density at radius 1 is 1.04 bits per heavy atom. The van der Waals surface area contributed by atoms with Crippen molar-refractivity contribution in [3.8, 4) is 5.69 Å². The average Bonchev–Trinajstić information content (AvgIpc) is 3.02. The molecule has 0 saturated carbocycles. The van der Waals surface area contributed by atoms with Gasteiger partial charge in [0.25, 0.3) is 0 Å². The van der Waals surface area contributed by atoms with Gasteiger partial charge >= 0.3 is 0 Å². The first-order valence-electron chi connectivity index (χ1n) is 8.78. The molecule has 3 aromatic rings. The summed E-state index contributed by atoms with van der Waals surface area (Å²) in [5, 5.41) is 2.95. The number of benzene rings is 2. The van der Waals surface area contributed by atoms with Crippen molar-refractivity contribution in [2.45, 2.75) is 25.7 Å². The van der Waals surface area contributed by atoms with Crippen molar-refractivity contribution >= 4 is 16.9 Å². The summed E-state index contributed by atoms with van der Waals surface area (Å²) >= 11 is 0. The molecule has 1 aromatic heterocycles. The largest absolute Gasteiger partial charge is 0.356 e. The van der Waals surface area contributed by atoms with Gasteiger partial charge in [-0.1, -0.05) is 30.3 Å². The average molecular weight is 336 g/mol. The molecule has 0 aliphatic rings. The Kier molecular flexibility index (Phi) is 5.80. The number of rotatable bonds is 8. The topological polar surface area (TPSA) is 72.9 Å². The number of para-hydroxylation sites is 3. The van der Waals surface area contributed by atoms with Gasteiger partial charge < -0.3 is 11.1 Å². The van der Waals surface area contributed by atoms with Crippen LogP contribution in [0.5, 0.6) is 0 Å². The number of nitrogens with one attached hydrogen (secondary N) is 1. The first-order valence-corrected chi connectivity index (χ1v) is 8.78. The van der Waals surface area contributed by atoms with E-state index in [0.717, 1.165) is 35.4 Å². The highest BCUT2D eigenvalue weighted by molar-refractivity contribution is 5.79. The van der Waals surface area contributed by atoms with E-state index >= 15 is 0 Å². The molecule has 0 atom stereocenters. The van der Waals surface area contributed by atoms with Crippen molar-refractivity contribution in [2.75, 3.05) is 13.1 Å². The van der Waals surface area contributed by atoms with E-state index in [1.54, 1.807) is 0 Å². The molecule has 5 heteroatoms. The minimum atomic E-state index is 0.0590. The highest BCUT2D eigenvalue weighted by Crippen LogP contribution is 2.22. The molecule has 0 saturated heterocycles. The van der Waals surface area contributed by atoms with E-state index in [9.17, 15) is 4.79 Å². The van der Waals surface area contributed by atoms with Crippen LogP contribution in [-0.4, -0.2) is 28.5 Å². The molecule has 25 heavy (non-hydrogen) atoms. The highest BCUT2D eigenvalue weighted by atomic mass is 16.1. The van der Waals surface area contributed by atoms with Crippen LogP contribution in [0.15, 0.2) is 54.6 Å². The van der Waals surface area contributed by atoms with E-state index in [1.165, 1.54) is 0 Å². The SMILES string of the molecule is NCCCCNC(=O)CCc1nc2ccccc2n1-c1ccccc1. The molecule has 0 aliphatic carbocycles. The van der Waals surface area contributed by atoms with E-state index in [1.807, 2.05) is 36.4 Å². The Morgan fingerprint density at radius 3 is 2.60 bits per heavy atom. The monoisotopic (exact) mass is 336 g/mol. The van der Waals surface area contributed by atoms with Crippen molar-refractivity contribution in [3.63, 3.8) is 0 Å². The summed E-state index contributed by atoms with van der Waals surface area (Å²) in [7, 11) is 0. The number of imidazole rings is 1. The van der Waals surface area contributed by atoms with Crippen LogP contribution in [-0.2, 0) is 11.2 Å². The van der Waals surface area contributed by atoms with Crippen molar-refractivity contribution < 1.29 is 4.79 Å². The zero-order valence-electron chi connectivity index (χ0n) is 14.3. The zero-order valence-corrected chi connectivity index (χ0v) is 14.3. The smallest absolute Gasteiger partial charge is 0.220 e. The van der Waals surface area contributed by atoms with Gasteiger partial charge in [0, 0.05) is 25.1 Å². The van der Waals surface area contributed by atoms with Crippen LogP contribution in [0.25, 0.3) is 16.7 Å². The number of amides is 1. The lowest BCUT2D eigenvalue weighted by molar-refractivity contribution is -0.121. The van der Waals surface area contributed by atoms with E-state index < -0.39 is 0 Å². The maximum atomic E-state index is 12.1. The molecular formula is C20H24N4O. The Bertz CT molecular complexity index is 826. The number of carbonyl (C=O) groups is 1. The summed E-state index contributed by atoms with van der Waals surface area (Å²) in [6.45, 7) is 1.35. The van der Waals surface area contributed by atoms with Crippen molar-refractivity contribution in [3.05, 3.63) is 60.4 Å². The molecule has 0 fully saturated rings. The summed E-state index contributed by atoms with van der Waals surface area (Å²) in [5.41, 5.74) is 8.54. The molecule has 0 bridgehead atoms. The lowest BCUT2D eigenvalue weighted by Crippen LogP contribution is -2.25. The Morgan fingerprint density at radius 2 is 1.80 bits per heavy atom. The van der Waals surface area contributed by atoms with Gasteiger partial charge in [-0.25, -0.2) is 4.98 Å². The summed E-state index contributed by atoms with van der Waals surface area (Å²) in [5.74, 6) is 0.966. The normalized spacial score (nSPS) is 10.9. The molecule has 5 nitrogen and oxygen atoms in total. The molecule has 0 spiro atoms. The quantitative estimate of drug-likeness (QED) is 0.621. The first-order chi connectivity index (χ1) is 12.3. The Labute approximate surface area is 147 Å². The second kappa shape index (κ2) is 8.44. The third-order valence-electron chi connectivity index (χ3n) is 4.17. The van der Waals surface area contributed by atoms with Gasteiger partial charge in [-0.3, -0.25) is 9.36 Å². The van der Waals surface area contributed by atoms with Crippen molar-refractivity contribution in [2.24, 2.45) is 5.73 Å². The highest BCUT2D eigenvalue weighted by Gasteiger charge is 2.13. The molecule has 130 valence electrons. The van der Waals surface area contributed by atoms with Gasteiger partial charge in [-0.15, -0.1) is 0 Å². The maximum absolute atomic E-state index is 12.1. The Balaban J connectivity index is 1.76. The van der Waals surface area contributed by atoms with Crippen LogP contribution in [0, 0.1) is 0 Å². The number of fused-ring (bicyclic) bond motifs is 1. The van der Waals surface area contributed by atoms with Crippen LogP contribution in [0.4, 0.5) is 0 Å². The van der Waals surface area contributed by atoms with Gasteiger partial charge in [0.1, 0.15) is 5.82 Å². The van der Waals surface area contributed by atoms with E-state index in [4.69, 9.17) is 10.7 Å². The molecule has 2 aromatic carbocycles. The van der Waals surface area contributed by atoms with E-state index in [-0.39, 0.29) is 5.91 Å². The van der Waals surface area contributed by atoms with Crippen LogP contribution in [0.2, 0.25) is 0 Å². The second-order valence-electron chi connectivity index (χ2n) is 6.03. The predicted molar refractivity (Wildman–Crippen MR) is 101 cm³/mol. The fourth-order valence-corrected chi connectivity index (χ4v) is 2.92. The molecule has 0 aliphatic heterocycles.